The molecule has 1 aliphatic rings. The molecule has 1 aromatic rings. The van der Waals surface area contributed by atoms with Gasteiger partial charge in [0.2, 0.25) is 5.89 Å². The molecular formula is C19H37IN6O2. The van der Waals surface area contributed by atoms with Crippen LogP contribution in [0.25, 0.3) is 0 Å². The van der Waals surface area contributed by atoms with E-state index in [2.05, 4.69) is 60.3 Å². The zero-order valence-corrected chi connectivity index (χ0v) is 20.2. The number of halogens is 1. The Labute approximate surface area is 186 Å². The molecule has 1 unspecified atom stereocenters. The van der Waals surface area contributed by atoms with Gasteiger partial charge in [-0.1, -0.05) is 32.9 Å². The maximum Gasteiger partial charge on any atom is 0.228 e. The third kappa shape index (κ3) is 9.04. The summed E-state index contributed by atoms with van der Waals surface area (Å²) in [5.41, 5.74) is 0. The van der Waals surface area contributed by atoms with E-state index in [1.807, 2.05) is 0 Å². The van der Waals surface area contributed by atoms with E-state index < -0.39 is 0 Å². The molecule has 0 amide bonds. The number of morpholine rings is 1. The van der Waals surface area contributed by atoms with Gasteiger partial charge in [-0.15, -0.1) is 24.0 Å². The number of guanidine groups is 1. The van der Waals surface area contributed by atoms with Crippen molar-refractivity contribution in [1.29, 1.82) is 0 Å². The fourth-order valence-electron chi connectivity index (χ4n) is 3.00. The van der Waals surface area contributed by atoms with Crippen molar-refractivity contribution in [3.05, 3.63) is 11.7 Å². The summed E-state index contributed by atoms with van der Waals surface area (Å²) in [5.74, 6) is 3.16. The van der Waals surface area contributed by atoms with Gasteiger partial charge in [-0.05, 0) is 12.8 Å². The number of ether oxygens (including phenoxy) is 1. The summed E-state index contributed by atoms with van der Waals surface area (Å²) < 4.78 is 11.2. The average molecular weight is 508 g/mol. The molecule has 1 atom stereocenters. The highest BCUT2D eigenvalue weighted by atomic mass is 127. The van der Waals surface area contributed by atoms with Gasteiger partial charge in [0.25, 0.3) is 0 Å². The van der Waals surface area contributed by atoms with Crippen LogP contribution in [-0.2, 0) is 11.2 Å². The van der Waals surface area contributed by atoms with Crippen LogP contribution in [-0.4, -0.2) is 73.0 Å². The molecule has 0 saturated carbocycles. The van der Waals surface area contributed by atoms with Crippen molar-refractivity contribution >= 4 is 29.9 Å². The molecule has 2 N–H and O–H groups in total. The molecule has 0 aliphatic carbocycles. The molecule has 8 nitrogen and oxygen atoms in total. The summed E-state index contributed by atoms with van der Waals surface area (Å²) in [4.78, 5) is 11.6. The molecular weight excluding hydrogens is 471 g/mol. The molecule has 0 radical (unpaired) electrons. The standard InChI is InChI=1S/C19H36N6O2.HI/c1-6-20-19(21-8-7-17-23-18(15(4)5)24-27-17)22-11-16-13-25(9-10-26-16)12-14(2)3;/h14-16H,6-13H2,1-5H3,(H2,20,21,22);1H. The molecule has 162 valence electrons. The summed E-state index contributed by atoms with van der Waals surface area (Å²) in [6.45, 7) is 16.7. The first-order valence-electron chi connectivity index (χ1n) is 10.2. The molecule has 1 aromatic heterocycles. The van der Waals surface area contributed by atoms with Crippen molar-refractivity contribution in [2.24, 2.45) is 10.9 Å². The Morgan fingerprint density at radius 3 is 2.71 bits per heavy atom. The Hall–Kier alpha value is -0.940. The quantitative estimate of drug-likeness (QED) is 0.301. The van der Waals surface area contributed by atoms with Crippen LogP contribution in [0.1, 0.15) is 52.3 Å². The summed E-state index contributed by atoms with van der Waals surface area (Å²) in [5, 5.41) is 10.6. The Balaban J connectivity index is 0.00000392. The Morgan fingerprint density at radius 1 is 1.29 bits per heavy atom. The van der Waals surface area contributed by atoms with Crippen LogP contribution in [0.3, 0.4) is 0 Å². The van der Waals surface area contributed by atoms with Crippen molar-refractivity contribution in [2.45, 2.75) is 53.1 Å². The maximum absolute atomic E-state index is 5.88. The molecule has 9 heteroatoms. The van der Waals surface area contributed by atoms with Crippen LogP contribution < -0.4 is 10.6 Å². The maximum atomic E-state index is 5.88. The van der Waals surface area contributed by atoms with E-state index in [1.54, 1.807) is 0 Å². The van der Waals surface area contributed by atoms with Crippen molar-refractivity contribution in [1.82, 2.24) is 25.7 Å². The monoisotopic (exact) mass is 508 g/mol. The minimum atomic E-state index is 0. The van der Waals surface area contributed by atoms with Crippen molar-refractivity contribution in [3.8, 4) is 0 Å². The molecule has 1 fully saturated rings. The lowest BCUT2D eigenvalue weighted by molar-refractivity contribution is -0.0261. The van der Waals surface area contributed by atoms with Crippen molar-refractivity contribution < 1.29 is 9.26 Å². The second kappa shape index (κ2) is 13.3. The average Bonchev–Trinajstić information content (AvgIpc) is 3.09. The highest BCUT2D eigenvalue weighted by molar-refractivity contribution is 14.0. The molecule has 1 aliphatic heterocycles. The van der Waals surface area contributed by atoms with Crippen LogP contribution in [0.4, 0.5) is 0 Å². The van der Waals surface area contributed by atoms with E-state index in [0.717, 1.165) is 44.6 Å². The Bertz CT molecular complexity index is 579. The number of nitrogens with one attached hydrogen (secondary N) is 2. The first-order chi connectivity index (χ1) is 13.0. The zero-order valence-electron chi connectivity index (χ0n) is 17.9. The smallest absolute Gasteiger partial charge is 0.228 e. The van der Waals surface area contributed by atoms with Gasteiger partial charge in [0, 0.05) is 45.1 Å². The first kappa shape index (κ1) is 25.1. The fourth-order valence-corrected chi connectivity index (χ4v) is 3.00. The number of aliphatic imine (C=N–C) groups is 1. The molecule has 0 bridgehead atoms. The number of rotatable bonds is 9. The molecule has 0 spiro atoms. The Kier molecular flexibility index (Phi) is 11.9. The first-order valence-corrected chi connectivity index (χ1v) is 10.2. The lowest BCUT2D eigenvalue weighted by Crippen LogP contribution is -2.46. The van der Waals surface area contributed by atoms with Crippen LogP contribution >= 0.6 is 24.0 Å². The van der Waals surface area contributed by atoms with Gasteiger partial charge in [-0.3, -0.25) is 9.89 Å². The topological polar surface area (TPSA) is 87.8 Å². The van der Waals surface area contributed by atoms with Crippen molar-refractivity contribution in [2.75, 3.05) is 45.9 Å². The van der Waals surface area contributed by atoms with Crippen LogP contribution in [0.15, 0.2) is 9.52 Å². The van der Waals surface area contributed by atoms with Crippen LogP contribution in [0, 0.1) is 5.92 Å². The van der Waals surface area contributed by atoms with Gasteiger partial charge in [0.1, 0.15) is 0 Å². The third-order valence-corrected chi connectivity index (χ3v) is 4.28. The van der Waals surface area contributed by atoms with E-state index in [0.29, 0.717) is 31.3 Å². The lowest BCUT2D eigenvalue weighted by Gasteiger charge is -2.33. The van der Waals surface area contributed by atoms with E-state index in [9.17, 15) is 0 Å². The summed E-state index contributed by atoms with van der Waals surface area (Å²) in [7, 11) is 0. The predicted octanol–water partition coefficient (Wildman–Crippen LogP) is 2.27. The highest BCUT2D eigenvalue weighted by Crippen LogP contribution is 2.10. The number of aromatic nitrogens is 2. The van der Waals surface area contributed by atoms with E-state index in [-0.39, 0.29) is 36.0 Å². The minimum Gasteiger partial charge on any atom is -0.374 e. The largest absolute Gasteiger partial charge is 0.374 e. The molecule has 28 heavy (non-hydrogen) atoms. The Morgan fingerprint density at radius 2 is 2.07 bits per heavy atom. The second-order valence-corrected chi connectivity index (χ2v) is 7.74. The van der Waals surface area contributed by atoms with Gasteiger partial charge in [0.15, 0.2) is 11.8 Å². The molecule has 2 rings (SSSR count). The summed E-state index contributed by atoms with van der Waals surface area (Å²) >= 11 is 0. The third-order valence-electron chi connectivity index (χ3n) is 4.28. The number of hydrogen-bond acceptors (Lipinski definition) is 6. The summed E-state index contributed by atoms with van der Waals surface area (Å²) in [6.07, 6.45) is 0.823. The molecule has 1 saturated heterocycles. The van der Waals surface area contributed by atoms with Crippen LogP contribution in [0.2, 0.25) is 0 Å². The minimum absolute atomic E-state index is 0. The highest BCUT2D eigenvalue weighted by Gasteiger charge is 2.20. The lowest BCUT2D eigenvalue weighted by atomic mass is 10.2. The van der Waals surface area contributed by atoms with Gasteiger partial charge in [0.05, 0.1) is 19.3 Å². The molecule has 0 aromatic carbocycles. The van der Waals surface area contributed by atoms with Gasteiger partial charge in [-0.2, -0.15) is 4.98 Å². The van der Waals surface area contributed by atoms with Crippen molar-refractivity contribution in [3.63, 3.8) is 0 Å². The van der Waals surface area contributed by atoms with Crippen LogP contribution in [0.5, 0.6) is 0 Å². The van der Waals surface area contributed by atoms with E-state index in [4.69, 9.17) is 14.3 Å². The second-order valence-electron chi connectivity index (χ2n) is 7.74. The predicted molar refractivity (Wildman–Crippen MR) is 123 cm³/mol. The number of hydrogen-bond donors (Lipinski definition) is 2. The SMILES string of the molecule is CCNC(=NCC1CN(CC(C)C)CCO1)NCCc1nc(C(C)C)no1.I. The van der Waals surface area contributed by atoms with Gasteiger partial charge in [-0.25, -0.2) is 0 Å². The normalized spacial score (nSPS) is 18.4. The zero-order chi connectivity index (χ0) is 19.6. The number of nitrogens with zero attached hydrogens (tertiary/aromatic N) is 4. The molecule has 2 heterocycles. The van der Waals surface area contributed by atoms with Gasteiger partial charge < -0.3 is 19.9 Å². The summed E-state index contributed by atoms with van der Waals surface area (Å²) in [6, 6.07) is 0. The van der Waals surface area contributed by atoms with E-state index >= 15 is 0 Å². The van der Waals surface area contributed by atoms with Gasteiger partial charge >= 0.3 is 0 Å². The van der Waals surface area contributed by atoms with E-state index in [1.165, 1.54) is 0 Å². The fraction of sp³-hybridized carbons (Fsp3) is 0.842.